The summed E-state index contributed by atoms with van der Waals surface area (Å²) in [4.78, 5) is 37.3. The van der Waals surface area contributed by atoms with Crippen LogP contribution in [0.3, 0.4) is 0 Å². The SMILES string of the molecule is CCNC(=O)CN1CCCN(C(=O)Cc2csc(-c3ccccn3)n2)CC1. The summed E-state index contributed by atoms with van der Waals surface area (Å²) in [7, 11) is 0. The summed E-state index contributed by atoms with van der Waals surface area (Å²) in [6.07, 6.45) is 2.92. The number of nitrogens with zero attached hydrogens (tertiary/aromatic N) is 4. The predicted molar refractivity (Wildman–Crippen MR) is 105 cm³/mol. The molecule has 1 N–H and O–H groups in total. The zero-order valence-electron chi connectivity index (χ0n) is 15.6. The summed E-state index contributed by atoms with van der Waals surface area (Å²) in [6.45, 7) is 5.89. The van der Waals surface area contributed by atoms with Gasteiger partial charge in [-0.2, -0.15) is 0 Å². The highest BCUT2D eigenvalue weighted by molar-refractivity contribution is 7.13. The van der Waals surface area contributed by atoms with Gasteiger partial charge >= 0.3 is 0 Å². The van der Waals surface area contributed by atoms with Gasteiger partial charge in [0.1, 0.15) is 5.01 Å². The molecule has 3 heterocycles. The summed E-state index contributed by atoms with van der Waals surface area (Å²) >= 11 is 1.51. The van der Waals surface area contributed by atoms with Crippen molar-refractivity contribution in [3.8, 4) is 10.7 Å². The Balaban J connectivity index is 1.53. The number of amides is 2. The number of hydrogen-bond donors (Lipinski definition) is 1. The van der Waals surface area contributed by atoms with Crippen LogP contribution in [0.1, 0.15) is 19.0 Å². The van der Waals surface area contributed by atoms with Crippen molar-refractivity contribution in [2.24, 2.45) is 0 Å². The zero-order valence-corrected chi connectivity index (χ0v) is 16.4. The molecule has 0 spiro atoms. The molecule has 2 aromatic heterocycles. The Hall–Kier alpha value is -2.32. The summed E-state index contributed by atoms with van der Waals surface area (Å²) < 4.78 is 0. The van der Waals surface area contributed by atoms with Crippen LogP contribution in [-0.4, -0.2) is 70.9 Å². The standard InChI is InChI=1S/C19H25N5O2S/c1-2-20-17(25)13-23-8-5-9-24(11-10-23)18(26)12-15-14-27-19(22-15)16-6-3-4-7-21-16/h3-4,6-7,14H,2,5,8-13H2,1H3,(H,20,25). The van der Waals surface area contributed by atoms with E-state index < -0.39 is 0 Å². The van der Waals surface area contributed by atoms with E-state index in [1.54, 1.807) is 6.20 Å². The third-order valence-corrected chi connectivity index (χ3v) is 5.36. The van der Waals surface area contributed by atoms with Crippen LogP contribution in [0.2, 0.25) is 0 Å². The fourth-order valence-corrected chi connectivity index (χ4v) is 3.89. The number of hydrogen-bond acceptors (Lipinski definition) is 6. The lowest BCUT2D eigenvalue weighted by atomic mass is 10.3. The molecule has 1 saturated heterocycles. The number of carbonyl (C=O) groups excluding carboxylic acids is 2. The van der Waals surface area contributed by atoms with Crippen LogP contribution in [0.4, 0.5) is 0 Å². The number of rotatable bonds is 6. The Morgan fingerprint density at radius 1 is 1.22 bits per heavy atom. The summed E-state index contributed by atoms with van der Waals surface area (Å²) in [5.74, 6) is 0.134. The van der Waals surface area contributed by atoms with Crippen molar-refractivity contribution in [3.05, 3.63) is 35.5 Å². The van der Waals surface area contributed by atoms with Crippen LogP contribution >= 0.6 is 11.3 Å². The zero-order chi connectivity index (χ0) is 19.1. The van der Waals surface area contributed by atoms with Crippen LogP contribution in [0.25, 0.3) is 10.7 Å². The van der Waals surface area contributed by atoms with E-state index in [9.17, 15) is 9.59 Å². The quantitative estimate of drug-likeness (QED) is 0.811. The monoisotopic (exact) mass is 387 g/mol. The average Bonchev–Trinajstić information content (AvgIpc) is 3.00. The Labute approximate surface area is 163 Å². The van der Waals surface area contributed by atoms with E-state index in [1.165, 1.54) is 11.3 Å². The summed E-state index contributed by atoms with van der Waals surface area (Å²) in [6, 6.07) is 5.72. The van der Waals surface area contributed by atoms with Gasteiger partial charge in [0, 0.05) is 44.3 Å². The minimum absolute atomic E-state index is 0.0433. The van der Waals surface area contributed by atoms with E-state index in [0.717, 1.165) is 42.5 Å². The maximum absolute atomic E-state index is 12.7. The lowest BCUT2D eigenvalue weighted by Gasteiger charge is -2.21. The fourth-order valence-electron chi connectivity index (χ4n) is 3.10. The minimum atomic E-state index is 0.0433. The maximum Gasteiger partial charge on any atom is 0.234 e. The molecular weight excluding hydrogens is 362 g/mol. The van der Waals surface area contributed by atoms with Gasteiger partial charge in [-0.3, -0.25) is 19.5 Å². The number of likely N-dealkylation sites (N-methyl/N-ethyl adjacent to an activating group) is 1. The second kappa shape index (κ2) is 9.57. The van der Waals surface area contributed by atoms with Crippen LogP contribution in [0.15, 0.2) is 29.8 Å². The lowest BCUT2D eigenvalue weighted by molar-refractivity contribution is -0.130. The summed E-state index contributed by atoms with van der Waals surface area (Å²) in [5.41, 5.74) is 1.62. The van der Waals surface area contributed by atoms with Crippen molar-refractivity contribution in [2.75, 3.05) is 39.3 Å². The first-order valence-electron chi connectivity index (χ1n) is 9.28. The van der Waals surface area contributed by atoms with Gasteiger partial charge in [-0.25, -0.2) is 4.98 Å². The van der Waals surface area contributed by atoms with Gasteiger partial charge in [0.15, 0.2) is 0 Å². The van der Waals surface area contributed by atoms with Gasteiger partial charge in [-0.05, 0) is 25.5 Å². The summed E-state index contributed by atoms with van der Waals surface area (Å²) in [5, 5.41) is 5.59. The molecule has 0 unspecified atom stereocenters. The van der Waals surface area contributed by atoms with E-state index in [4.69, 9.17) is 0 Å². The van der Waals surface area contributed by atoms with Crippen LogP contribution in [0, 0.1) is 0 Å². The van der Waals surface area contributed by atoms with Crippen LogP contribution in [0.5, 0.6) is 0 Å². The molecule has 3 rings (SSSR count). The van der Waals surface area contributed by atoms with Crippen molar-refractivity contribution < 1.29 is 9.59 Å². The highest BCUT2D eigenvalue weighted by Gasteiger charge is 2.21. The number of nitrogens with one attached hydrogen (secondary N) is 1. The normalized spacial score (nSPS) is 15.4. The van der Waals surface area contributed by atoms with Crippen LogP contribution < -0.4 is 5.32 Å². The first-order chi connectivity index (χ1) is 13.2. The molecule has 0 aromatic carbocycles. The molecule has 144 valence electrons. The Morgan fingerprint density at radius 2 is 2.11 bits per heavy atom. The fraction of sp³-hybridized carbons (Fsp3) is 0.474. The third-order valence-electron chi connectivity index (χ3n) is 4.45. The van der Waals surface area contributed by atoms with E-state index in [0.29, 0.717) is 26.1 Å². The average molecular weight is 388 g/mol. The van der Waals surface area contributed by atoms with Gasteiger partial charge in [-0.1, -0.05) is 6.07 Å². The molecule has 1 aliphatic heterocycles. The van der Waals surface area contributed by atoms with E-state index in [1.807, 2.05) is 35.4 Å². The van der Waals surface area contributed by atoms with Gasteiger partial charge in [0.2, 0.25) is 11.8 Å². The first-order valence-corrected chi connectivity index (χ1v) is 10.2. The molecule has 27 heavy (non-hydrogen) atoms. The highest BCUT2D eigenvalue weighted by atomic mass is 32.1. The molecule has 0 aliphatic carbocycles. The van der Waals surface area contributed by atoms with Gasteiger partial charge in [-0.15, -0.1) is 11.3 Å². The molecular formula is C19H25N5O2S. The maximum atomic E-state index is 12.7. The van der Waals surface area contributed by atoms with Crippen LogP contribution in [-0.2, 0) is 16.0 Å². The molecule has 2 aromatic rings. The van der Waals surface area contributed by atoms with E-state index in [-0.39, 0.29) is 11.8 Å². The topological polar surface area (TPSA) is 78.4 Å². The molecule has 7 nitrogen and oxygen atoms in total. The Kier molecular flexibility index (Phi) is 6.89. The van der Waals surface area contributed by atoms with E-state index in [2.05, 4.69) is 20.2 Å². The Bertz CT molecular complexity index is 764. The number of pyridine rings is 1. The van der Waals surface area contributed by atoms with Gasteiger partial charge < -0.3 is 10.2 Å². The molecule has 0 bridgehead atoms. The largest absolute Gasteiger partial charge is 0.355 e. The van der Waals surface area contributed by atoms with Crippen molar-refractivity contribution in [1.82, 2.24) is 25.1 Å². The van der Waals surface area contributed by atoms with Crippen molar-refractivity contribution >= 4 is 23.2 Å². The minimum Gasteiger partial charge on any atom is -0.355 e. The van der Waals surface area contributed by atoms with Crippen molar-refractivity contribution in [2.45, 2.75) is 19.8 Å². The highest BCUT2D eigenvalue weighted by Crippen LogP contribution is 2.21. The van der Waals surface area contributed by atoms with Crippen molar-refractivity contribution in [1.29, 1.82) is 0 Å². The second-order valence-electron chi connectivity index (χ2n) is 6.50. The van der Waals surface area contributed by atoms with E-state index >= 15 is 0 Å². The lowest BCUT2D eigenvalue weighted by Crippen LogP contribution is -2.40. The number of aromatic nitrogens is 2. The Morgan fingerprint density at radius 3 is 2.89 bits per heavy atom. The predicted octanol–water partition coefficient (Wildman–Crippen LogP) is 1.42. The second-order valence-corrected chi connectivity index (χ2v) is 7.36. The molecule has 8 heteroatoms. The smallest absolute Gasteiger partial charge is 0.234 e. The molecule has 0 atom stereocenters. The first kappa shape index (κ1) is 19.4. The molecule has 1 fully saturated rings. The third kappa shape index (κ3) is 5.58. The number of carbonyl (C=O) groups is 2. The molecule has 0 saturated carbocycles. The molecule has 2 amide bonds. The molecule has 0 radical (unpaired) electrons. The van der Waals surface area contributed by atoms with Gasteiger partial charge in [0.05, 0.1) is 24.4 Å². The van der Waals surface area contributed by atoms with Gasteiger partial charge in [0.25, 0.3) is 0 Å². The number of thiazole rings is 1. The van der Waals surface area contributed by atoms with Crippen molar-refractivity contribution in [3.63, 3.8) is 0 Å². The molecule has 1 aliphatic rings.